The third kappa shape index (κ3) is 3.00. The summed E-state index contributed by atoms with van der Waals surface area (Å²) >= 11 is 0. The third-order valence-corrected chi connectivity index (χ3v) is 5.85. The second-order valence-electron chi connectivity index (χ2n) is 6.10. The van der Waals surface area contributed by atoms with Crippen LogP contribution in [0.15, 0.2) is 83.8 Å². The zero-order valence-corrected chi connectivity index (χ0v) is 14.9. The van der Waals surface area contributed by atoms with Crippen molar-refractivity contribution >= 4 is 43.2 Å². The maximum Gasteiger partial charge on any atom is 0.338 e. The summed E-state index contributed by atoms with van der Waals surface area (Å²) in [4.78, 5) is 11.9. The van der Waals surface area contributed by atoms with Gasteiger partial charge in [-0.1, -0.05) is 66.7 Å². The van der Waals surface area contributed by atoms with E-state index >= 15 is 0 Å². The van der Waals surface area contributed by atoms with Crippen LogP contribution >= 0.6 is 0 Å². The van der Waals surface area contributed by atoms with Gasteiger partial charge in [-0.2, -0.15) is 0 Å². The van der Waals surface area contributed by atoms with Gasteiger partial charge < -0.3 is 5.11 Å². The molecule has 5 nitrogen and oxygen atoms in total. The minimum absolute atomic E-state index is 0.0362. The van der Waals surface area contributed by atoms with Gasteiger partial charge in [-0.05, 0) is 28.3 Å². The molecule has 0 bridgehead atoms. The van der Waals surface area contributed by atoms with E-state index in [1.54, 1.807) is 48.5 Å². The molecule has 134 valence electrons. The lowest BCUT2D eigenvalue weighted by atomic mass is 10.0. The zero-order valence-electron chi connectivity index (χ0n) is 14.1. The minimum Gasteiger partial charge on any atom is -0.478 e. The molecule has 0 spiro atoms. The van der Waals surface area contributed by atoms with Gasteiger partial charge in [0.15, 0.2) is 0 Å². The molecule has 0 aliphatic rings. The van der Waals surface area contributed by atoms with Gasteiger partial charge in [-0.15, -0.1) is 0 Å². The molecule has 0 saturated carbocycles. The summed E-state index contributed by atoms with van der Waals surface area (Å²) < 4.78 is 28.5. The molecule has 0 aromatic heterocycles. The van der Waals surface area contributed by atoms with Crippen molar-refractivity contribution < 1.29 is 18.3 Å². The van der Waals surface area contributed by atoms with Crippen LogP contribution in [0.4, 0.5) is 5.69 Å². The number of fused-ring (bicyclic) bond motifs is 2. The van der Waals surface area contributed by atoms with Gasteiger partial charge in [0.2, 0.25) is 0 Å². The molecular weight excluding hydrogens is 362 g/mol. The number of rotatable bonds is 4. The molecule has 0 fully saturated rings. The standard InChI is InChI=1S/C21H15NO4S/c23-21(24)20-17-10-4-2-7-15(17)12-13-18(20)22-27(25,26)19-11-5-8-14-6-1-3-9-16(14)19/h1-13,22H,(H,23,24). The van der Waals surface area contributed by atoms with Crippen LogP contribution in [0.3, 0.4) is 0 Å². The van der Waals surface area contributed by atoms with Crippen molar-refractivity contribution in [3.63, 3.8) is 0 Å². The molecule has 27 heavy (non-hydrogen) atoms. The second-order valence-corrected chi connectivity index (χ2v) is 7.75. The molecule has 0 heterocycles. The monoisotopic (exact) mass is 377 g/mol. The number of sulfonamides is 1. The Hall–Kier alpha value is -3.38. The Labute approximate surface area is 155 Å². The number of aromatic carboxylic acids is 1. The normalized spacial score (nSPS) is 11.6. The highest BCUT2D eigenvalue weighted by Crippen LogP contribution is 2.30. The zero-order chi connectivity index (χ0) is 19.0. The lowest BCUT2D eigenvalue weighted by Crippen LogP contribution is -2.16. The van der Waals surface area contributed by atoms with E-state index in [0.717, 1.165) is 10.8 Å². The molecule has 4 rings (SSSR count). The van der Waals surface area contributed by atoms with Gasteiger partial charge in [-0.3, -0.25) is 4.72 Å². The average molecular weight is 377 g/mol. The van der Waals surface area contributed by atoms with E-state index in [4.69, 9.17) is 0 Å². The van der Waals surface area contributed by atoms with Gasteiger partial charge in [0.1, 0.15) is 0 Å². The van der Waals surface area contributed by atoms with Crippen LogP contribution in [-0.4, -0.2) is 19.5 Å². The number of anilines is 1. The third-order valence-electron chi connectivity index (χ3n) is 4.43. The summed E-state index contributed by atoms with van der Waals surface area (Å²) in [6, 6.07) is 22.3. The van der Waals surface area contributed by atoms with Crippen LogP contribution in [0.25, 0.3) is 21.5 Å². The molecule has 4 aromatic rings. The Balaban J connectivity index is 1.88. The fraction of sp³-hybridized carbons (Fsp3) is 0. The quantitative estimate of drug-likeness (QED) is 0.549. The topological polar surface area (TPSA) is 83.5 Å². The number of carboxylic acid groups (broad SMARTS) is 1. The molecule has 4 aromatic carbocycles. The van der Waals surface area contributed by atoms with E-state index in [1.807, 2.05) is 18.2 Å². The van der Waals surface area contributed by atoms with Crippen LogP contribution in [0, 0.1) is 0 Å². The Morgan fingerprint density at radius 1 is 0.741 bits per heavy atom. The fourth-order valence-electron chi connectivity index (χ4n) is 3.22. The van der Waals surface area contributed by atoms with Crippen molar-refractivity contribution in [1.82, 2.24) is 0 Å². The summed E-state index contributed by atoms with van der Waals surface area (Å²) in [6.45, 7) is 0. The highest BCUT2D eigenvalue weighted by atomic mass is 32.2. The molecule has 6 heteroatoms. The van der Waals surface area contributed by atoms with E-state index in [9.17, 15) is 18.3 Å². The van der Waals surface area contributed by atoms with Crippen molar-refractivity contribution in [2.75, 3.05) is 4.72 Å². The largest absolute Gasteiger partial charge is 0.478 e. The first-order valence-corrected chi connectivity index (χ1v) is 9.71. The molecule has 2 N–H and O–H groups in total. The summed E-state index contributed by atoms with van der Waals surface area (Å²) in [5.41, 5.74) is -0.0361. The van der Waals surface area contributed by atoms with E-state index in [0.29, 0.717) is 10.8 Å². The highest BCUT2D eigenvalue weighted by Gasteiger charge is 2.22. The number of benzene rings is 4. The maximum absolute atomic E-state index is 13.0. The Morgan fingerprint density at radius 3 is 2.04 bits per heavy atom. The minimum atomic E-state index is -3.98. The van der Waals surface area contributed by atoms with Crippen LogP contribution in [0.1, 0.15) is 10.4 Å². The Kier molecular flexibility index (Phi) is 4.05. The summed E-state index contributed by atoms with van der Waals surface area (Å²) in [7, 11) is -3.98. The molecule has 0 amide bonds. The van der Waals surface area contributed by atoms with E-state index < -0.39 is 16.0 Å². The maximum atomic E-state index is 13.0. The van der Waals surface area contributed by atoms with Crippen molar-refractivity contribution in [3.8, 4) is 0 Å². The molecule has 0 unspecified atom stereocenters. The lowest BCUT2D eigenvalue weighted by Gasteiger charge is -2.14. The van der Waals surface area contributed by atoms with Crippen molar-refractivity contribution in [2.45, 2.75) is 4.90 Å². The number of hydrogen-bond acceptors (Lipinski definition) is 3. The average Bonchev–Trinajstić information content (AvgIpc) is 2.66. The van der Waals surface area contributed by atoms with Gasteiger partial charge in [-0.25, -0.2) is 13.2 Å². The van der Waals surface area contributed by atoms with Crippen LogP contribution in [-0.2, 0) is 10.0 Å². The predicted molar refractivity (Wildman–Crippen MR) is 106 cm³/mol. The predicted octanol–water partition coefficient (Wildman–Crippen LogP) is 4.49. The van der Waals surface area contributed by atoms with Crippen LogP contribution in [0.2, 0.25) is 0 Å². The highest BCUT2D eigenvalue weighted by molar-refractivity contribution is 7.93. The molecule has 0 aliphatic carbocycles. The number of nitrogens with one attached hydrogen (secondary N) is 1. The smallest absolute Gasteiger partial charge is 0.338 e. The number of hydrogen-bond donors (Lipinski definition) is 2. The number of carboxylic acids is 1. The SMILES string of the molecule is O=C(O)c1c(NS(=O)(=O)c2cccc3ccccc23)ccc2ccccc12. The first kappa shape index (κ1) is 17.1. The van der Waals surface area contributed by atoms with E-state index in [1.165, 1.54) is 12.1 Å². The van der Waals surface area contributed by atoms with Gasteiger partial charge >= 0.3 is 5.97 Å². The van der Waals surface area contributed by atoms with Crippen LogP contribution in [0.5, 0.6) is 0 Å². The van der Waals surface area contributed by atoms with Gasteiger partial charge in [0.25, 0.3) is 10.0 Å². The van der Waals surface area contributed by atoms with E-state index in [-0.39, 0.29) is 16.1 Å². The Morgan fingerprint density at radius 2 is 1.33 bits per heavy atom. The molecule has 0 aliphatic heterocycles. The van der Waals surface area contributed by atoms with Crippen LogP contribution < -0.4 is 4.72 Å². The van der Waals surface area contributed by atoms with Crippen molar-refractivity contribution in [3.05, 3.63) is 84.4 Å². The van der Waals surface area contributed by atoms with Gasteiger partial charge in [0.05, 0.1) is 16.1 Å². The van der Waals surface area contributed by atoms with Crippen molar-refractivity contribution in [2.24, 2.45) is 0 Å². The molecular formula is C21H15NO4S. The second kappa shape index (κ2) is 6.41. The summed E-state index contributed by atoms with van der Waals surface area (Å²) in [6.07, 6.45) is 0. The summed E-state index contributed by atoms with van der Waals surface area (Å²) in [5.74, 6) is -1.19. The first-order chi connectivity index (χ1) is 13.0. The number of carbonyl (C=O) groups is 1. The molecule has 0 atom stereocenters. The lowest BCUT2D eigenvalue weighted by molar-refractivity contribution is 0.0700. The molecule has 0 radical (unpaired) electrons. The first-order valence-electron chi connectivity index (χ1n) is 8.23. The van der Waals surface area contributed by atoms with E-state index in [2.05, 4.69) is 4.72 Å². The van der Waals surface area contributed by atoms with Crippen molar-refractivity contribution in [1.29, 1.82) is 0 Å². The molecule has 0 saturated heterocycles. The fourth-order valence-corrected chi connectivity index (χ4v) is 4.52. The Bertz CT molecular complexity index is 1290. The summed E-state index contributed by atoms with van der Waals surface area (Å²) in [5, 5.41) is 12.2. The van der Waals surface area contributed by atoms with Gasteiger partial charge in [0, 0.05) is 5.39 Å².